The van der Waals surface area contributed by atoms with E-state index in [-0.39, 0.29) is 0 Å². The van der Waals surface area contributed by atoms with Crippen LogP contribution in [0.2, 0.25) is 0 Å². The summed E-state index contributed by atoms with van der Waals surface area (Å²) in [6.45, 7) is 8.93. The fourth-order valence-corrected chi connectivity index (χ4v) is 3.24. The molecule has 2 atom stereocenters. The van der Waals surface area contributed by atoms with Crippen molar-refractivity contribution in [3.63, 3.8) is 0 Å². The highest BCUT2D eigenvalue weighted by Gasteiger charge is 2.39. The van der Waals surface area contributed by atoms with Gasteiger partial charge < -0.3 is 5.73 Å². The van der Waals surface area contributed by atoms with Crippen molar-refractivity contribution < 1.29 is 0 Å². The number of hydrogen-bond acceptors (Lipinski definition) is 2. The van der Waals surface area contributed by atoms with E-state index in [9.17, 15) is 0 Å². The van der Waals surface area contributed by atoms with E-state index in [4.69, 9.17) is 5.73 Å². The van der Waals surface area contributed by atoms with Crippen LogP contribution in [0.4, 0.5) is 5.82 Å². The van der Waals surface area contributed by atoms with Crippen molar-refractivity contribution in [2.24, 2.45) is 11.3 Å². The molecule has 0 radical (unpaired) electrons. The standard InChI is InChI=1S/C12H20BrN3/c1-7-5-12(3,4)6-9(7)16-11(14)10(13)8(2)15-16/h7,9H,5-6,14H2,1-4H3. The molecule has 1 saturated carbocycles. The van der Waals surface area contributed by atoms with Gasteiger partial charge in [-0.05, 0) is 47.0 Å². The average Bonchev–Trinajstić information content (AvgIpc) is 2.57. The number of hydrogen-bond donors (Lipinski definition) is 1. The van der Waals surface area contributed by atoms with Crippen LogP contribution in [0.3, 0.4) is 0 Å². The van der Waals surface area contributed by atoms with Gasteiger partial charge in [0, 0.05) is 0 Å². The molecule has 0 bridgehead atoms. The highest BCUT2D eigenvalue weighted by Crippen LogP contribution is 2.48. The molecule has 1 aromatic heterocycles. The molecule has 90 valence electrons. The Hall–Kier alpha value is -0.510. The van der Waals surface area contributed by atoms with Crippen molar-refractivity contribution >= 4 is 21.7 Å². The lowest BCUT2D eigenvalue weighted by Gasteiger charge is -2.18. The van der Waals surface area contributed by atoms with Crippen LogP contribution >= 0.6 is 15.9 Å². The predicted molar refractivity (Wildman–Crippen MR) is 70.3 cm³/mol. The number of aromatic nitrogens is 2. The lowest BCUT2D eigenvalue weighted by Crippen LogP contribution is -2.16. The Labute approximate surface area is 106 Å². The smallest absolute Gasteiger partial charge is 0.136 e. The Bertz CT molecular complexity index is 409. The normalized spacial score (nSPS) is 28.6. The molecule has 0 aliphatic heterocycles. The van der Waals surface area contributed by atoms with E-state index in [1.165, 1.54) is 6.42 Å². The van der Waals surface area contributed by atoms with Gasteiger partial charge in [-0.1, -0.05) is 20.8 Å². The molecule has 0 saturated heterocycles. The minimum atomic E-state index is 0.406. The molecule has 1 aliphatic carbocycles. The van der Waals surface area contributed by atoms with Crippen LogP contribution in [0.15, 0.2) is 4.47 Å². The van der Waals surface area contributed by atoms with Gasteiger partial charge >= 0.3 is 0 Å². The van der Waals surface area contributed by atoms with E-state index in [1.54, 1.807) is 0 Å². The molecule has 16 heavy (non-hydrogen) atoms. The maximum atomic E-state index is 6.09. The molecule has 1 aromatic rings. The molecule has 1 heterocycles. The molecule has 2 unspecified atom stereocenters. The zero-order valence-corrected chi connectivity index (χ0v) is 12.0. The van der Waals surface area contributed by atoms with E-state index in [1.807, 2.05) is 11.6 Å². The topological polar surface area (TPSA) is 43.8 Å². The van der Waals surface area contributed by atoms with Crippen molar-refractivity contribution in [1.82, 2.24) is 9.78 Å². The van der Waals surface area contributed by atoms with Crippen molar-refractivity contribution in [3.8, 4) is 0 Å². The van der Waals surface area contributed by atoms with Crippen LogP contribution in [0.25, 0.3) is 0 Å². The van der Waals surface area contributed by atoms with Gasteiger partial charge in [-0.2, -0.15) is 5.10 Å². The number of aryl methyl sites for hydroxylation is 1. The monoisotopic (exact) mass is 285 g/mol. The van der Waals surface area contributed by atoms with Gasteiger partial charge in [-0.3, -0.25) is 0 Å². The minimum absolute atomic E-state index is 0.406. The van der Waals surface area contributed by atoms with E-state index in [2.05, 4.69) is 41.8 Å². The fourth-order valence-electron chi connectivity index (χ4n) is 2.98. The van der Waals surface area contributed by atoms with E-state index in [0.29, 0.717) is 17.4 Å². The van der Waals surface area contributed by atoms with Crippen molar-refractivity contribution in [3.05, 3.63) is 10.2 Å². The fraction of sp³-hybridized carbons (Fsp3) is 0.750. The van der Waals surface area contributed by atoms with Crippen molar-refractivity contribution in [2.45, 2.75) is 46.6 Å². The van der Waals surface area contributed by atoms with Gasteiger partial charge in [0.25, 0.3) is 0 Å². The summed E-state index contributed by atoms with van der Waals surface area (Å²) in [6, 6.07) is 0.444. The van der Waals surface area contributed by atoms with E-state index >= 15 is 0 Å². The third-order valence-corrected chi connectivity index (χ3v) is 4.63. The zero-order chi connectivity index (χ0) is 12.1. The average molecular weight is 286 g/mol. The second-order valence-corrected chi connectivity index (χ2v) is 6.64. The summed E-state index contributed by atoms with van der Waals surface area (Å²) in [5.74, 6) is 1.41. The maximum absolute atomic E-state index is 6.09. The summed E-state index contributed by atoms with van der Waals surface area (Å²) >= 11 is 3.49. The number of anilines is 1. The Balaban J connectivity index is 2.35. The van der Waals surface area contributed by atoms with Crippen LogP contribution in [0.5, 0.6) is 0 Å². The second-order valence-electron chi connectivity index (χ2n) is 5.85. The van der Waals surface area contributed by atoms with Crippen LogP contribution in [-0.4, -0.2) is 9.78 Å². The van der Waals surface area contributed by atoms with Crippen LogP contribution in [0, 0.1) is 18.3 Å². The summed E-state index contributed by atoms with van der Waals surface area (Å²) in [5.41, 5.74) is 7.47. The zero-order valence-electron chi connectivity index (χ0n) is 10.4. The second kappa shape index (κ2) is 3.76. The lowest BCUT2D eigenvalue weighted by molar-refractivity contribution is 0.350. The van der Waals surface area contributed by atoms with Crippen molar-refractivity contribution in [1.29, 1.82) is 0 Å². The summed E-state index contributed by atoms with van der Waals surface area (Å²) in [5, 5.41) is 4.55. The molecule has 0 aromatic carbocycles. The van der Waals surface area contributed by atoms with Gasteiger partial charge in [0.1, 0.15) is 5.82 Å². The number of nitrogens with two attached hydrogens (primary N) is 1. The van der Waals surface area contributed by atoms with Gasteiger partial charge in [0.2, 0.25) is 0 Å². The third-order valence-electron chi connectivity index (χ3n) is 3.65. The van der Waals surface area contributed by atoms with Gasteiger partial charge in [-0.25, -0.2) is 4.68 Å². The molecule has 3 nitrogen and oxygen atoms in total. The maximum Gasteiger partial charge on any atom is 0.136 e. The molecule has 4 heteroatoms. The first-order valence-electron chi connectivity index (χ1n) is 5.82. The SMILES string of the molecule is Cc1nn(C2CC(C)(C)CC2C)c(N)c1Br. The van der Waals surface area contributed by atoms with Gasteiger partial charge in [-0.15, -0.1) is 0 Å². The first kappa shape index (κ1) is 12.0. The Morgan fingerprint density at radius 2 is 2.06 bits per heavy atom. The molecular weight excluding hydrogens is 266 g/mol. The van der Waals surface area contributed by atoms with Gasteiger partial charge in [0.05, 0.1) is 16.2 Å². The predicted octanol–water partition coefficient (Wildman–Crippen LogP) is 3.53. The molecule has 2 N–H and O–H groups in total. The Morgan fingerprint density at radius 1 is 1.44 bits per heavy atom. The number of rotatable bonds is 1. The van der Waals surface area contributed by atoms with E-state index in [0.717, 1.165) is 22.4 Å². The minimum Gasteiger partial charge on any atom is -0.383 e. The summed E-state index contributed by atoms with van der Waals surface area (Å²) in [6.07, 6.45) is 2.40. The summed E-state index contributed by atoms with van der Waals surface area (Å²) < 4.78 is 2.96. The molecule has 1 aliphatic rings. The largest absolute Gasteiger partial charge is 0.383 e. The lowest BCUT2D eigenvalue weighted by atomic mass is 9.91. The van der Waals surface area contributed by atoms with E-state index < -0.39 is 0 Å². The quantitative estimate of drug-likeness (QED) is 0.858. The first-order chi connectivity index (χ1) is 7.32. The Morgan fingerprint density at radius 3 is 2.44 bits per heavy atom. The number of nitrogens with zero attached hydrogens (tertiary/aromatic N) is 2. The molecular formula is C12H20BrN3. The molecule has 1 fully saturated rings. The van der Waals surface area contributed by atoms with Crippen molar-refractivity contribution in [2.75, 3.05) is 5.73 Å². The third kappa shape index (κ3) is 1.88. The van der Waals surface area contributed by atoms with Crippen LogP contribution < -0.4 is 5.73 Å². The number of halogens is 1. The molecule has 0 amide bonds. The number of nitrogen functional groups attached to an aromatic ring is 1. The van der Waals surface area contributed by atoms with Crippen LogP contribution in [-0.2, 0) is 0 Å². The van der Waals surface area contributed by atoms with Crippen LogP contribution in [0.1, 0.15) is 45.3 Å². The Kier molecular flexibility index (Phi) is 2.81. The molecule has 0 spiro atoms. The summed E-state index contributed by atoms with van der Waals surface area (Å²) in [4.78, 5) is 0. The highest BCUT2D eigenvalue weighted by atomic mass is 79.9. The highest BCUT2D eigenvalue weighted by molar-refractivity contribution is 9.10. The molecule has 2 rings (SSSR count). The van der Waals surface area contributed by atoms with Gasteiger partial charge in [0.15, 0.2) is 0 Å². The first-order valence-corrected chi connectivity index (χ1v) is 6.61. The summed E-state index contributed by atoms with van der Waals surface area (Å²) in [7, 11) is 0.